The van der Waals surface area contributed by atoms with Crippen molar-refractivity contribution in [3.05, 3.63) is 29.0 Å². The normalized spacial score (nSPS) is 17.2. The van der Waals surface area contributed by atoms with Crippen molar-refractivity contribution in [3.8, 4) is 0 Å². The van der Waals surface area contributed by atoms with Crippen molar-refractivity contribution in [1.29, 1.82) is 0 Å². The van der Waals surface area contributed by atoms with E-state index >= 15 is 0 Å². The molecule has 0 aliphatic carbocycles. The molecule has 1 aromatic heterocycles. The van der Waals surface area contributed by atoms with Crippen molar-refractivity contribution < 1.29 is 9.53 Å². The minimum absolute atomic E-state index is 0.0438. The van der Waals surface area contributed by atoms with Gasteiger partial charge < -0.3 is 9.64 Å². The molecular formula is C12H15ClN2O2. The van der Waals surface area contributed by atoms with Gasteiger partial charge in [0, 0.05) is 26.4 Å². The number of methoxy groups -OCH3 is 1. The fraction of sp³-hybridized carbons (Fsp3) is 0.500. The maximum Gasteiger partial charge on any atom is 0.256 e. The molecule has 0 saturated carbocycles. The van der Waals surface area contributed by atoms with Crippen LogP contribution in [0.25, 0.3) is 0 Å². The number of aromatic nitrogens is 1. The number of carbonyl (C=O) groups excluding carboxylic acids is 1. The summed E-state index contributed by atoms with van der Waals surface area (Å²) in [6.07, 6.45) is 3.60. The predicted octanol–water partition coefficient (Wildman–Crippen LogP) is 1.99. The molecule has 2 rings (SSSR count). The molecule has 1 aliphatic heterocycles. The predicted molar refractivity (Wildman–Crippen MR) is 65.2 cm³/mol. The first-order valence-electron chi connectivity index (χ1n) is 5.65. The van der Waals surface area contributed by atoms with Crippen LogP contribution in [-0.2, 0) is 4.74 Å². The number of piperidine rings is 1. The molecule has 1 saturated heterocycles. The number of amides is 1. The van der Waals surface area contributed by atoms with E-state index in [0.717, 1.165) is 12.8 Å². The van der Waals surface area contributed by atoms with Crippen molar-refractivity contribution in [2.45, 2.75) is 18.9 Å². The molecule has 0 N–H and O–H groups in total. The second kappa shape index (κ2) is 5.47. The smallest absolute Gasteiger partial charge is 0.256 e. The number of pyridine rings is 1. The number of halogens is 1. The number of rotatable bonds is 2. The minimum atomic E-state index is -0.0438. The zero-order valence-electron chi connectivity index (χ0n) is 9.73. The Morgan fingerprint density at radius 1 is 1.53 bits per heavy atom. The largest absolute Gasteiger partial charge is 0.381 e. The molecule has 0 unspecified atom stereocenters. The van der Waals surface area contributed by atoms with E-state index in [1.54, 1.807) is 30.3 Å². The van der Waals surface area contributed by atoms with Gasteiger partial charge in [0.1, 0.15) is 5.15 Å². The van der Waals surface area contributed by atoms with Gasteiger partial charge in [0.15, 0.2) is 0 Å². The zero-order chi connectivity index (χ0) is 12.3. The Morgan fingerprint density at radius 2 is 2.24 bits per heavy atom. The van der Waals surface area contributed by atoms with Crippen LogP contribution in [0.4, 0.5) is 0 Å². The summed E-state index contributed by atoms with van der Waals surface area (Å²) in [7, 11) is 1.71. The Bertz CT molecular complexity index is 403. The third kappa shape index (κ3) is 2.76. The van der Waals surface area contributed by atoms with Crippen molar-refractivity contribution in [1.82, 2.24) is 9.88 Å². The molecule has 1 amide bonds. The molecule has 1 aliphatic rings. The van der Waals surface area contributed by atoms with Gasteiger partial charge in [0.05, 0.1) is 11.7 Å². The van der Waals surface area contributed by atoms with Gasteiger partial charge in [0.2, 0.25) is 0 Å². The molecular weight excluding hydrogens is 240 g/mol. The lowest BCUT2D eigenvalue weighted by atomic mass is 10.1. The van der Waals surface area contributed by atoms with E-state index in [0.29, 0.717) is 18.7 Å². The third-order valence-corrected chi connectivity index (χ3v) is 3.35. The van der Waals surface area contributed by atoms with E-state index in [9.17, 15) is 4.79 Å². The highest BCUT2D eigenvalue weighted by molar-refractivity contribution is 6.32. The van der Waals surface area contributed by atoms with E-state index in [2.05, 4.69) is 4.98 Å². The Hall–Kier alpha value is -1.13. The molecule has 17 heavy (non-hydrogen) atoms. The van der Waals surface area contributed by atoms with Crippen molar-refractivity contribution in [2.24, 2.45) is 0 Å². The molecule has 0 bridgehead atoms. The third-order valence-electron chi connectivity index (χ3n) is 3.05. The first-order chi connectivity index (χ1) is 8.22. The van der Waals surface area contributed by atoms with Crippen molar-refractivity contribution in [3.63, 3.8) is 0 Å². The summed E-state index contributed by atoms with van der Waals surface area (Å²) in [5.74, 6) is -0.0438. The van der Waals surface area contributed by atoms with Gasteiger partial charge in [-0.2, -0.15) is 0 Å². The summed E-state index contributed by atoms with van der Waals surface area (Å²) in [6, 6.07) is 3.43. The lowest BCUT2D eigenvalue weighted by molar-refractivity contribution is 0.0350. The minimum Gasteiger partial charge on any atom is -0.381 e. The average Bonchev–Trinajstić information content (AvgIpc) is 2.39. The molecule has 0 aromatic carbocycles. The van der Waals surface area contributed by atoms with Crippen LogP contribution in [0.5, 0.6) is 0 Å². The number of nitrogens with zero attached hydrogens (tertiary/aromatic N) is 2. The summed E-state index contributed by atoms with van der Waals surface area (Å²) in [5.41, 5.74) is 0.477. The zero-order valence-corrected chi connectivity index (χ0v) is 10.5. The van der Waals surface area contributed by atoms with Gasteiger partial charge in [-0.15, -0.1) is 0 Å². The van der Waals surface area contributed by atoms with Gasteiger partial charge >= 0.3 is 0 Å². The molecule has 0 atom stereocenters. The number of hydrogen-bond donors (Lipinski definition) is 0. The summed E-state index contributed by atoms with van der Waals surface area (Å²) in [5, 5.41) is 0.270. The number of ether oxygens (including phenoxy) is 1. The molecule has 1 fully saturated rings. The van der Waals surface area contributed by atoms with Crippen LogP contribution in [0, 0.1) is 0 Å². The molecule has 2 heterocycles. The number of likely N-dealkylation sites (tertiary alicyclic amines) is 1. The second-order valence-corrected chi connectivity index (χ2v) is 4.43. The fourth-order valence-corrected chi connectivity index (χ4v) is 2.21. The van der Waals surface area contributed by atoms with Crippen molar-refractivity contribution in [2.75, 3.05) is 20.2 Å². The van der Waals surface area contributed by atoms with E-state index < -0.39 is 0 Å². The molecule has 5 heteroatoms. The fourth-order valence-electron chi connectivity index (χ4n) is 2.01. The monoisotopic (exact) mass is 254 g/mol. The summed E-state index contributed by atoms with van der Waals surface area (Å²) in [4.78, 5) is 17.9. The SMILES string of the molecule is COC1CCN(C(=O)c2cccnc2Cl)CC1. The first kappa shape index (κ1) is 12.3. The molecule has 1 aromatic rings. The van der Waals surface area contributed by atoms with Gasteiger partial charge in [-0.3, -0.25) is 4.79 Å². The highest BCUT2D eigenvalue weighted by Crippen LogP contribution is 2.18. The quantitative estimate of drug-likeness (QED) is 0.758. The van der Waals surface area contributed by atoms with E-state index in [4.69, 9.17) is 16.3 Å². The van der Waals surface area contributed by atoms with Crippen LogP contribution in [0.15, 0.2) is 18.3 Å². The van der Waals surface area contributed by atoms with Gasteiger partial charge in [-0.05, 0) is 25.0 Å². The number of hydrogen-bond acceptors (Lipinski definition) is 3. The summed E-state index contributed by atoms with van der Waals surface area (Å²) >= 11 is 5.91. The van der Waals surface area contributed by atoms with Crippen LogP contribution in [-0.4, -0.2) is 42.1 Å². The van der Waals surface area contributed by atoms with Crippen LogP contribution >= 0.6 is 11.6 Å². The molecule has 4 nitrogen and oxygen atoms in total. The van der Waals surface area contributed by atoms with Crippen LogP contribution in [0.2, 0.25) is 5.15 Å². The van der Waals surface area contributed by atoms with Crippen LogP contribution < -0.4 is 0 Å². The van der Waals surface area contributed by atoms with E-state index in [1.165, 1.54) is 0 Å². The highest BCUT2D eigenvalue weighted by Gasteiger charge is 2.24. The Labute approximate surface area is 106 Å². The van der Waals surface area contributed by atoms with Crippen LogP contribution in [0.1, 0.15) is 23.2 Å². The van der Waals surface area contributed by atoms with Crippen LogP contribution in [0.3, 0.4) is 0 Å². The van der Waals surface area contributed by atoms with Gasteiger partial charge in [-0.1, -0.05) is 11.6 Å². The summed E-state index contributed by atoms with van der Waals surface area (Å²) in [6.45, 7) is 1.42. The van der Waals surface area contributed by atoms with Gasteiger partial charge in [-0.25, -0.2) is 4.98 Å². The Kier molecular flexibility index (Phi) is 3.97. The van der Waals surface area contributed by atoms with Gasteiger partial charge in [0.25, 0.3) is 5.91 Å². The molecule has 0 radical (unpaired) electrons. The first-order valence-corrected chi connectivity index (χ1v) is 6.02. The topological polar surface area (TPSA) is 42.4 Å². The molecule has 0 spiro atoms. The lowest BCUT2D eigenvalue weighted by Crippen LogP contribution is -2.40. The lowest BCUT2D eigenvalue weighted by Gasteiger charge is -2.31. The van der Waals surface area contributed by atoms with E-state index in [1.807, 2.05) is 0 Å². The van der Waals surface area contributed by atoms with Crippen molar-refractivity contribution >= 4 is 17.5 Å². The summed E-state index contributed by atoms with van der Waals surface area (Å²) < 4.78 is 5.27. The Balaban J connectivity index is 2.04. The maximum atomic E-state index is 12.2. The second-order valence-electron chi connectivity index (χ2n) is 4.07. The maximum absolute atomic E-state index is 12.2. The highest BCUT2D eigenvalue weighted by atomic mass is 35.5. The average molecular weight is 255 g/mol. The van der Waals surface area contributed by atoms with E-state index in [-0.39, 0.29) is 17.2 Å². The number of carbonyl (C=O) groups is 1. The molecule has 92 valence electrons. The standard InChI is InChI=1S/C12H15ClN2O2/c1-17-9-4-7-15(8-5-9)12(16)10-3-2-6-14-11(10)13/h2-3,6,9H,4-5,7-8H2,1H3. The Morgan fingerprint density at radius 3 is 2.82 bits per heavy atom.